The lowest BCUT2D eigenvalue weighted by Gasteiger charge is -2.19. The molecule has 1 unspecified atom stereocenters. The minimum Gasteiger partial charge on any atom is -0.394 e. The van der Waals surface area contributed by atoms with Crippen LogP contribution >= 0.6 is 0 Å². The van der Waals surface area contributed by atoms with Gasteiger partial charge in [0, 0.05) is 5.69 Å². The highest BCUT2D eigenvalue weighted by molar-refractivity contribution is 5.46. The fourth-order valence-electron chi connectivity index (χ4n) is 1.95. The van der Waals surface area contributed by atoms with Crippen molar-refractivity contribution in [2.24, 2.45) is 0 Å². The van der Waals surface area contributed by atoms with Crippen molar-refractivity contribution in [3.63, 3.8) is 0 Å². The summed E-state index contributed by atoms with van der Waals surface area (Å²) in [6.45, 7) is 4.27. The topological polar surface area (TPSA) is 32.3 Å². The SMILES string of the molecule is Cc1ccc(C(CO)Nc2ccccc2)cc1C. The standard InChI is InChI=1S/C16H19NO/c1-12-8-9-14(10-13(12)2)16(11-18)17-15-6-4-3-5-7-15/h3-10,16-18H,11H2,1-2H3. The number of benzene rings is 2. The number of aliphatic hydroxyl groups excluding tert-OH is 1. The second-order valence-electron chi connectivity index (χ2n) is 4.59. The van der Waals surface area contributed by atoms with Crippen LogP contribution in [-0.2, 0) is 0 Å². The zero-order valence-corrected chi connectivity index (χ0v) is 10.9. The molecule has 0 amide bonds. The Kier molecular flexibility index (Phi) is 4.00. The van der Waals surface area contributed by atoms with E-state index in [9.17, 15) is 5.11 Å². The van der Waals surface area contributed by atoms with E-state index in [4.69, 9.17) is 0 Å². The fourth-order valence-corrected chi connectivity index (χ4v) is 1.95. The van der Waals surface area contributed by atoms with Crippen LogP contribution in [0.15, 0.2) is 48.5 Å². The third kappa shape index (κ3) is 2.90. The van der Waals surface area contributed by atoms with E-state index in [1.165, 1.54) is 11.1 Å². The molecule has 0 spiro atoms. The smallest absolute Gasteiger partial charge is 0.0745 e. The predicted molar refractivity (Wildman–Crippen MR) is 75.8 cm³/mol. The second kappa shape index (κ2) is 5.69. The lowest BCUT2D eigenvalue weighted by molar-refractivity contribution is 0.276. The number of anilines is 1. The highest BCUT2D eigenvalue weighted by Gasteiger charge is 2.10. The minimum absolute atomic E-state index is 0.0632. The van der Waals surface area contributed by atoms with E-state index < -0.39 is 0 Å². The first-order valence-corrected chi connectivity index (χ1v) is 6.20. The first-order chi connectivity index (χ1) is 8.70. The van der Waals surface area contributed by atoms with Gasteiger partial charge < -0.3 is 10.4 Å². The first kappa shape index (κ1) is 12.7. The Balaban J connectivity index is 2.20. The van der Waals surface area contributed by atoms with Crippen molar-refractivity contribution in [1.29, 1.82) is 0 Å². The number of aliphatic hydroxyl groups is 1. The van der Waals surface area contributed by atoms with Crippen LogP contribution in [-0.4, -0.2) is 11.7 Å². The summed E-state index contributed by atoms with van der Waals surface area (Å²) in [7, 11) is 0. The second-order valence-corrected chi connectivity index (χ2v) is 4.59. The third-order valence-corrected chi connectivity index (χ3v) is 3.23. The summed E-state index contributed by atoms with van der Waals surface area (Å²) in [4.78, 5) is 0. The van der Waals surface area contributed by atoms with Gasteiger partial charge in [0.2, 0.25) is 0 Å². The van der Waals surface area contributed by atoms with Gasteiger partial charge in [-0.3, -0.25) is 0 Å². The van der Waals surface area contributed by atoms with Crippen molar-refractivity contribution < 1.29 is 5.11 Å². The summed E-state index contributed by atoms with van der Waals surface area (Å²) in [6.07, 6.45) is 0. The third-order valence-electron chi connectivity index (χ3n) is 3.23. The van der Waals surface area contributed by atoms with Gasteiger partial charge in [-0.15, -0.1) is 0 Å². The minimum atomic E-state index is -0.0632. The number of hydrogen-bond donors (Lipinski definition) is 2. The van der Waals surface area contributed by atoms with Gasteiger partial charge in [0.1, 0.15) is 0 Å². The maximum absolute atomic E-state index is 9.54. The summed E-state index contributed by atoms with van der Waals surface area (Å²) in [5, 5.41) is 12.9. The monoisotopic (exact) mass is 241 g/mol. The predicted octanol–water partition coefficient (Wildman–Crippen LogP) is 3.45. The molecule has 2 rings (SSSR count). The Morgan fingerprint density at radius 2 is 1.72 bits per heavy atom. The Hall–Kier alpha value is -1.80. The largest absolute Gasteiger partial charge is 0.394 e. The molecule has 0 bridgehead atoms. The van der Waals surface area contributed by atoms with Crippen LogP contribution in [0.4, 0.5) is 5.69 Å². The van der Waals surface area contributed by atoms with Gasteiger partial charge in [0.15, 0.2) is 0 Å². The highest BCUT2D eigenvalue weighted by Crippen LogP contribution is 2.21. The van der Waals surface area contributed by atoms with Crippen LogP contribution in [0, 0.1) is 13.8 Å². The molecule has 0 aliphatic carbocycles. The number of rotatable bonds is 4. The fraction of sp³-hybridized carbons (Fsp3) is 0.250. The van der Waals surface area contributed by atoms with Crippen molar-refractivity contribution in [2.45, 2.75) is 19.9 Å². The summed E-state index contributed by atoms with van der Waals surface area (Å²) in [5.74, 6) is 0. The van der Waals surface area contributed by atoms with E-state index in [1.54, 1.807) is 0 Å². The molecule has 0 radical (unpaired) electrons. The maximum Gasteiger partial charge on any atom is 0.0745 e. The van der Waals surface area contributed by atoms with Gasteiger partial charge in [-0.25, -0.2) is 0 Å². The average molecular weight is 241 g/mol. The van der Waals surface area contributed by atoms with Crippen molar-refractivity contribution in [1.82, 2.24) is 0 Å². The quantitative estimate of drug-likeness (QED) is 0.859. The van der Waals surface area contributed by atoms with Crippen molar-refractivity contribution in [2.75, 3.05) is 11.9 Å². The summed E-state index contributed by atoms with van der Waals surface area (Å²) < 4.78 is 0. The molecule has 0 heterocycles. The summed E-state index contributed by atoms with van der Waals surface area (Å²) in [5.41, 5.74) is 4.66. The first-order valence-electron chi connectivity index (χ1n) is 6.20. The maximum atomic E-state index is 9.54. The van der Waals surface area contributed by atoms with E-state index in [-0.39, 0.29) is 12.6 Å². The van der Waals surface area contributed by atoms with Crippen LogP contribution < -0.4 is 5.32 Å². The van der Waals surface area contributed by atoms with Crippen LogP contribution in [0.5, 0.6) is 0 Å². The molecule has 2 heteroatoms. The summed E-state index contributed by atoms with van der Waals surface area (Å²) in [6, 6.07) is 16.2. The molecule has 0 saturated carbocycles. The van der Waals surface area contributed by atoms with Crippen LogP contribution in [0.2, 0.25) is 0 Å². The van der Waals surface area contributed by atoms with Gasteiger partial charge in [-0.1, -0.05) is 36.4 Å². The number of aryl methyl sites for hydroxylation is 2. The molecule has 2 N–H and O–H groups in total. The van der Waals surface area contributed by atoms with E-state index in [2.05, 4.69) is 37.4 Å². The van der Waals surface area contributed by atoms with E-state index in [0.717, 1.165) is 11.3 Å². The van der Waals surface area contributed by atoms with Gasteiger partial charge in [0.25, 0.3) is 0 Å². The van der Waals surface area contributed by atoms with Crippen LogP contribution in [0.25, 0.3) is 0 Å². The van der Waals surface area contributed by atoms with Gasteiger partial charge in [-0.2, -0.15) is 0 Å². The molecule has 0 aromatic heterocycles. The molecule has 2 aromatic carbocycles. The highest BCUT2D eigenvalue weighted by atomic mass is 16.3. The molecule has 0 saturated heterocycles. The molecule has 0 aliphatic heterocycles. The van der Waals surface area contributed by atoms with Crippen LogP contribution in [0.1, 0.15) is 22.7 Å². The van der Waals surface area contributed by atoms with E-state index >= 15 is 0 Å². The van der Waals surface area contributed by atoms with Crippen molar-refractivity contribution >= 4 is 5.69 Å². The van der Waals surface area contributed by atoms with Gasteiger partial charge in [-0.05, 0) is 42.7 Å². The molecule has 18 heavy (non-hydrogen) atoms. The Bertz CT molecular complexity index is 508. The average Bonchev–Trinajstić information content (AvgIpc) is 2.40. The van der Waals surface area contributed by atoms with Crippen LogP contribution in [0.3, 0.4) is 0 Å². The molecular formula is C16H19NO. The lowest BCUT2D eigenvalue weighted by Crippen LogP contribution is -2.15. The Morgan fingerprint density at radius 3 is 2.33 bits per heavy atom. The number of para-hydroxylation sites is 1. The zero-order valence-electron chi connectivity index (χ0n) is 10.9. The molecule has 1 atom stereocenters. The molecular weight excluding hydrogens is 222 g/mol. The number of nitrogens with one attached hydrogen (secondary N) is 1. The molecule has 2 aromatic rings. The van der Waals surface area contributed by atoms with Crippen molar-refractivity contribution in [3.05, 3.63) is 65.2 Å². The summed E-state index contributed by atoms with van der Waals surface area (Å²) >= 11 is 0. The Labute approximate surface area is 108 Å². The molecule has 0 aliphatic rings. The molecule has 2 nitrogen and oxygen atoms in total. The lowest BCUT2D eigenvalue weighted by atomic mass is 10.0. The number of hydrogen-bond acceptors (Lipinski definition) is 2. The molecule has 0 fully saturated rings. The zero-order chi connectivity index (χ0) is 13.0. The van der Waals surface area contributed by atoms with Crippen molar-refractivity contribution in [3.8, 4) is 0 Å². The molecule has 94 valence electrons. The van der Waals surface area contributed by atoms with Gasteiger partial charge in [0.05, 0.1) is 12.6 Å². The van der Waals surface area contributed by atoms with E-state index in [1.807, 2.05) is 30.3 Å². The normalized spacial score (nSPS) is 12.2. The van der Waals surface area contributed by atoms with Gasteiger partial charge >= 0.3 is 0 Å². The Morgan fingerprint density at radius 1 is 1.00 bits per heavy atom. The van der Waals surface area contributed by atoms with E-state index in [0.29, 0.717) is 0 Å².